The van der Waals surface area contributed by atoms with Crippen molar-refractivity contribution in [3.63, 3.8) is 0 Å². The first-order valence-corrected chi connectivity index (χ1v) is 5.71. The van der Waals surface area contributed by atoms with Gasteiger partial charge in [-0.25, -0.2) is 4.98 Å². The van der Waals surface area contributed by atoms with Crippen LogP contribution in [0.15, 0.2) is 30.6 Å². The number of benzene rings is 1. The van der Waals surface area contributed by atoms with E-state index in [1.807, 2.05) is 7.05 Å². The molecule has 1 atom stereocenters. The molecule has 86 valence electrons. The van der Waals surface area contributed by atoms with Crippen molar-refractivity contribution in [1.82, 2.24) is 9.55 Å². The number of nitriles is 1. The lowest BCUT2D eigenvalue weighted by atomic mass is 10.00. The maximum absolute atomic E-state index is 9.27. The minimum Gasteiger partial charge on any atom is -0.337 e. The molecule has 0 aliphatic carbocycles. The third-order valence-corrected chi connectivity index (χ3v) is 3.08. The van der Waals surface area contributed by atoms with Crippen LogP contribution < -0.4 is 0 Å². The van der Waals surface area contributed by atoms with Gasteiger partial charge >= 0.3 is 0 Å². The van der Waals surface area contributed by atoms with Gasteiger partial charge < -0.3 is 4.57 Å². The van der Waals surface area contributed by atoms with Crippen LogP contribution in [0, 0.1) is 11.3 Å². The van der Waals surface area contributed by atoms with Crippen molar-refractivity contribution in [3.05, 3.63) is 52.0 Å². The van der Waals surface area contributed by atoms with Gasteiger partial charge in [0.1, 0.15) is 11.7 Å². The fourth-order valence-corrected chi connectivity index (χ4v) is 2.17. The summed E-state index contributed by atoms with van der Waals surface area (Å²) >= 11 is 11.9. The van der Waals surface area contributed by atoms with Crippen LogP contribution in [-0.2, 0) is 7.05 Å². The molecule has 0 aliphatic heterocycles. The topological polar surface area (TPSA) is 41.6 Å². The molecule has 0 saturated heterocycles. The summed E-state index contributed by atoms with van der Waals surface area (Å²) in [5.41, 5.74) is 0.716. The average Bonchev–Trinajstić information content (AvgIpc) is 2.69. The number of aryl methyl sites for hydroxylation is 1. The summed E-state index contributed by atoms with van der Waals surface area (Å²) in [6.45, 7) is 0. The van der Waals surface area contributed by atoms with Gasteiger partial charge in [0.25, 0.3) is 0 Å². The Balaban J connectivity index is 2.51. The van der Waals surface area contributed by atoms with Gasteiger partial charge in [0.05, 0.1) is 6.07 Å². The van der Waals surface area contributed by atoms with Gasteiger partial charge in [-0.3, -0.25) is 0 Å². The van der Waals surface area contributed by atoms with Crippen LogP contribution in [0.2, 0.25) is 10.0 Å². The summed E-state index contributed by atoms with van der Waals surface area (Å²) in [5, 5.41) is 10.3. The second kappa shape index (κ2) is 4.79. The fourth-order valence-electron chi connectivity index (χ4n) is 1.66. The predicted molar refractivity (Wildman–Crippen MR) is 67.1 cm³/mol. The first-order chi connectivity index (χ1) is 8.13. The number of nitrogens with zero attached hydrogens (tertiary/aromatic N) is 3. The van der Waals surface area contributed by atoms with Crippen LogP contribution in [0.4, 0.5) is 0 Å². The van der Waals surface area contributed by atoms with Crippen molar-refractivity contribution in [2.24, 2.45) is 7.05 Å². The number of halogens is 2. The SMILES string of the molecule is Cn1ccnc1C(C#N)c1ccc(Cl)cc1Cl. The molecule has 0 bridgehead atoms. The smallest absolute Gasteiger partial charge is 0.131 e. The Bertz CT molecular complexity index is 584. The molecular weight excluding hydrogens is 257 g/mol. The molecule has 0 spiro atoms. The normalized spacial score (nSPS) is 12.1. The minimum atomic E-state index is -0.486. The fraction of sp³-hybridized carbons (Fsp3) is 0.167. The largest absolute Gasteiger partial charge is 0.337 e. The summed E-state index contributed by atoms with van der Waals surface area (Å²) in [5.74, 6) is 0.177. The molecule has 5 heteroatoms. The van der Waals surface area contributed by atoms with Crippen molar-refractivity contribution in [2.45, 2.75) is 5.92 Å². The lowest BCUT2D eigenvalue weighted by molar-refractivity contribution is 0.783. The van der Waals surface area contributed by atoms with Crippen LogP contribution in [0.1, 0.15) is 17.3 Å². The summed E-state index contributed by atoms with van der Waals surface area (Å²) < 4.78 is 1.80. The molecular formula is C12H9Cl2N3. The number of imidazole rings is 1. The Morgan fingerprint density at radius 2 is 2.18 bits per heavy atom. The monoisotopic (exact) mass is 265 g/mol. The molecule has 0 saturated carbocycles. The number of aromatic nitrogens is 2. The Kier molecular flexibility index (Phi) is 3.37. The van der Waals surface area contributed by atoms with E-state index in [1.54, 1.807) is 35.2 Å². The number of hydrogen-bond donors (Lipinski definition) is 0. The van der Waals surface area contributed by atoms with E-state index in [9.17, 15) is 5.26 Å². The predicted octanol–water partition coefficient (Wildman–Crippen LogP) is 3.38. The van der Waals surface area contributed by atoms with E-state index < -0.39 is 5.92 Å². The third-order valence-electron chi connectivity index (χ3n) is 2.52. The lowest BCUT2D eigenvalue weighted by Gasteiger charge is -2.11. The molecule has 0 radical (unpaired) electrons. The van der Waals surface area contributed by atoms with Gasteiger partial charge in [-0.05, 0) is 17.7 Å². The van der Waals surface area contributed by atoms with E-state index in [0.717, 1.165) is 0 Å². The second-order valence-corrected chi connectivity index (χ2v) is 4.47. The highest BCUT2D eigenvalue weighted by atomic mass is 35.5. The Labute approximate surface area is 109 Å². The van der Waals surface area contributed by atoms with Crippen LogP contribution in [0.3, 0.4) is 0 Å². The molecule has 17 heavy (non-hydrogen) atoms. The Morgan fingerprint density at radius 1 is 1.41 bits per heavy atom. The van der Waals surface area contributed by atoms with Crippen LogP contribution in [-0.4, -0.2) is 9.55 Å². The first-order valence-electron chi connectivity index (χ1n) is 4.95. The third kappa shape index (κ3) is 2.28. The van der Waals surface area contributed by atoms with Crippen LogP contribution in [0.25, 0.3) is 0 Å². The Morgan fingerprint density at radius 3 is 2.71 bits per heavy atom. The van der Waals surface area contributed by atoms with E-state index >= 15 is 0 Å². The molecule has 1 aromatic heterocycles. The molecule has 1 unspecified atom stereocenters. The van der Waals surface area contributed by atoms with Gasteiger partial charge in [-0.2, -0.15) is 5.26 Å². The number of rotatable bonds is 2. The molecule has 1 heterocycles. The first kappa shape index (κ1) is 12.0. The molecule has 0 N–H and O–H groups in total. The summed E-state index contributed by atoms with van der Waals surface area (Å²) in [7, 11) is 1.84. The highest BCUT2D eigenvalue weighted by Crippen LogP contribution is 2.30. The van der Waals surface area contributed by atoms with E-state index in [2.05, 4.69) is 11.1 Å². The van der Waals surface area contributed by atoms with Gasteiger partial charge in [-0.1, -0.05) is 29.3 Å². The summed E-state index contributed by atoms with van der Waals surface area (Å²) in [6.07, 6.45) is 3.45. The highest BCUT2D eigenvalue weighted by Gasteiger charge is 2.20. The average molecular weight is 266 g/mol. The Hall–Kier alpha value is -1.50. The molecule has 2 aromatic rings. The van der Waals surface area contributed by atoms with E-state index in [0.29, 0.717) is 21.4 Å². The second-order valence-electron chi connectivity index (χ2n) is 3.62. The summed E-state index contributed by atoms with van der Waals surface area (Å²) in [6, 6.07) is 7.32. The zero-order valence-electron chi connectivity index (χ0n) is 9.06. The summed E-state index contributed by atoms with van der Waals surface area (Å²) in [4.78, 5) is 4.18. The van der Waals surface area contributed by atoms with Crippen molar-refractivity contribution in [2.75, 3.05) is 0 Å². The van der Waals surface area contributed by atoms with Crippen molar-refractivity contribution < 1.29 is 0 Å². The molecule has 2 rings (SSSR count). The molecule has 0 amide bonds. The maximum Gasteiger partial charge on any atom is 0.131 e. The zero-order chi connectivity index (χ0) is 12.4. The van der Waals surface area contributed by atoms with Gasteiger partial charge in [0.2, 0.25) is 0 Å². The lowest BCUT2D eigenvalue weighted by Crippen LogP contribution is -2.06. The van der Waals surface area contributed by atoms with Crippen molar-refractivity contribution >= 4 is 23.2 Å². The van der Waals surface area contributed by atoms with Gasteiger partial charge in [0, 0.05) is 29.5 Å². The molecule has 3 nitrogen and oxygen atoms in total. The quantitative estimate of drug-likeness (QED) is 0.836. The number of hydrogen-bond acceptors (Lipinski definition) is 2. The van der Waals surface area contributed by atoms with Crippen LogP contribution in [0.5, 0.6) is 0 Å². The molecule has 1 aromatic carbocycles. The zero-order valence-corrected chi connectivity index (χ0v) is 10.6. The van der Waals surface area contributed by atoms with Crippen molar-refractivity contribution in [1.29, 1.82) is 5.26 Å². The van der Waals surface area contributed by atoms with Crippen LogP contribution >= 0.6 is 23.2 Å². The van der Waals surface area contributed by atoms with Gasteiger partial charge in [0.15, 0.2) is 0 Å². The van der Waals surface area contributed by atoms with Crippen molar-refractivity contribution in [3.8, 4) is 6.07 Å². The minimum absolute atomic E-state index is 0.479. The standard InChI is InChI=1S/C12H9Cl2N3/c1-17-5-4-16-12(17)10(7-15)9-3-2-8(13)6-11(9)14/h2-6,10H,1H3. The van der Waals surface area contributed by atoms with E-state index in [4.69, 9.17) is 23.2 Å². The maximum atomic E-state index is 9.27. The highest BCUT2D eigenvalue weighted by molar-refractivity contribution is 6.35. The molecule has 0 fully saturated rings. The van der Waals surface area contributed by atoms with Gasteiger partial charge in [-0.15, -0.1) is 0 Å². The molecule has 0 aliphatic rings. The van der Waals surface area contributed by atoms with E-state index in [-0.39, 0.29) is 0 Å². The van der Waals surface area contributed by atoms with E-state index in [1.165, 1.54) is 0 Å².